The van der Waals surface area contributed by atoms with Gasteiger partial charge in [0.25, 0.3) is 0 Å². The Morgan fingerprint density at radius 2 is 1.73 bits per heavy atom. The summed E-state index contributed by atoms with van der Waals surface area (Å²) in [5.41, 5.74) is 10.2. The number of phenols is 2. The van der Waals surface area contributed by atoms with E-state index in [0.717, 1.165) is 35.9 Å². The Kier molecular flexibility index (Phi) is 5.12. The fourth-order valence-electron chi connectivity index (χ4n) is 9.60. The van der Waals surface area contributed by atoms with Crippen molar-refractivity contribution in [2.75, 3.05) is 6.54 Å². The number of aromatic hydroxyl groups is 2. The van der Waals surface area contributed by atoms with E-state index in [1.807, 2.05) is 13.0 Å². The van der Waals surface area contributed by atoms with Gasteiger partial charge in [0.2, 0.25) is 0 Å². The third-order valence-corrected chi connectivity index (χ3v) is 12.0. The second-order valence-corrected chi connectivity index (χ2v) is 13.4. The van der Waals surface area contributed by atoms with Gasteiger partial charge in [-0.15, -0.1) is 0 Å². The summed E-state index contributed by atoms with van der Waals surface area (Å²) in [6.45, 7) is 15.3. The highest BCUT2D eigenvalue weighted by Crippen LogP contribution is 2.74. The summed E-state index contributed by atoms with van der Waals surface area (Å²) in [4.78, 5) is 0. The molecular weight excluding hydrogens is 406 g/mol. The van der Waals surface area contributed by atoms with E-state index in [9.17, 15) is 10.2 Å². The highest BCUT2D eigenvalue weighted by molar-refractivity contribution is 5.69. The largest absolute Gasteiger partial charge is 0.504 e. The first kappa shape index (κ1) is 23.3. The number of hydrogen-bond donors (Lipinski definition) is 3. The fraction of sp³-hybridized carbons (Fsp3) is 0.733. The molecule has 3 nitrogen and oxygen atoms in total. The maximum atomic E-state index is 10.5. The number of rotatable bonds is 2. The topological polar surface area (TPSA) is 66.5 Å². The van der Waals surface area contributed by atoms with Crippen molar-refractivity contribution in [1.29, 1.82) is 0 Å². The SMILES string of the molecule is Cc1c(O)c(O)cc2c1C=CC1C2(C)CCC2(C)C3CCC(C(C)CN)CC3(C)CCC12C. The molecule has 33 heavy (non-hydrogen) atoms. The Labute approximate surface area is 200 Å². The first-order valence-electron chi connectivity index (χ1n) is 13.4. The molecule has 1 aromatic carbocycles. The van der Waals surface area contributed by atoms with Crippen LogP contribution in [0.2, 0.25) is 0 Å². The lowest BCUT2D eigenvalue weighted by atomic mass is 9.33. The first-order chi connectivity index (χ1) is 15.4. The zero-order chi connectivity index (χ0) is 24.0. The Balaban J connectivity index is 1.55. The maximum absolute atomic E-state index is 10.5. The Morgan fingerprint density at radius 1 is 1.03 bits per heavy atom. The molecule has 0 bridgehead atoms. The summed E-state index contributed by atoms with van der Waals surface area (Å²) >= 11 is 0. The van der Waals surface area contributed by atoms with E-state index >= 15 is 0 Å². The molecule has 3 saturated carbocycles. The van der Waals surface area contributed by atoms with Crippen LogP contribution in [0.25, 0.3) is 6.08 Å². The highest BCUT2D eigenvalue weighted by atomic mass is 16.3. The average molecular weight is 452 g/mol. The zero-order valence-electron chi connectivity index (χ0n) is 21.7. The number of nitrogens with two attached hydrogens (primary N) is 1. The van der Waals surface area contributed by atoms with Gasteiger partial charge in [-0.3, -0.25) is 0 Å². The van der Waals surface area contributed by atoms with Crippen LogP contribution in [0.3, 0.4) is 0 Å². The number of hydrogen-bond acceptors (Lipinski definition) is 3. The smallest absolute Gasteiger partial charge is 0.161 e. The summed E-state index contributed by atoms with van der Waals surface area (Å²) < 4.78 is 0. The van der Waals surface area contributed by atoms with Crippen LogP contribution < -0.4 is 5.73 Å². The van der Waals surface area contributed by atoms with Crippen molar-refractivity contribution in [2.24, 2.45) is 45.7 Å². The molecule has 8 atom stereocenters. The van der Waals surface area contributed by atoms with Gasteiger partial charge in [-0.25, -0.2) is 0 Å². The minimum atomic E-state index is -0.00666. The van der Waals surface area contributed by atoms with Gasteiger partial charge < -0.3 is 15.9 Å². The molecule has 0 saturated heterocycles. The molecule has 0 amide bonds. The lowest BCUT2D eigenvalue weighted by molar-refractivity contribution is -0.192. The first-order valence-corrected chi connectivity index (χ1v) is 13.4. The molecule has 8 unspecified atom stereocenters. The van der Waals surface area contributed by atoms with Gasteiger partial charge in [-0.05, 0) is 116 Å². The van der Waals surface area contributed by atoms with Crippen LogP contribution in [0.1, 0.15) is 96.3 Å². The van der Waals surface area contributed by atoms with Gasteiger partial charge in [-0.2, -0.15) is 0 Å². The van der Waals surface area contributed by atoms with E-state index in [2.05, 4.69) is 46.8 Å². The van der Waals surface area contributed by atoms with Crippen LogP contribution in [0.5, 0.6) is 11.5 Å². The molecule has 1 aromatic rings. The highest BCUT2D eigenvalue weighted by Gasteiger charge is 2.67. The average Bonchev–Trinajstić information content (AvgIpc) is 2.78. The predicted molar refractivity (Wildman–Crippen MR) is 136 cm³/mol. The van der Waals surface area contributed by atoms with Crippen LogP contribution >= 0.6 is 0 Å². The third kappa shape index (κ3) is 2.90. The summed E-state index contributed by atoms with van der Waals surface area (Å²) in [6, 6.07) is 1.87. The minimum absolute atomic E-state index is 0.00666. The quantitative estimate of drug-likeness (QED) is 0.427. The van der Waals surface area contributed by atoms with E-state index in [4.69, 9.17) is 5.73 Å². The molecule has 3 fully saturated rings. The van der Waals surface area contributed by atoms with Crippen molar-refractivity contribution in [3.05, 3.63) is 28.8 Å². The Bertz CT molecular complexity index is 1000. The fourth-order valence-corrected chi connectivity index (χ4v) is 9.60. The van der Waals surface area contributed by atoms with Crippen molar-refractivity contribution in [1.82, 2.24) is 0 Å². The van der Waals surface area contributed by atoms with Gasteiger partial charge in [0, 0.05) is 11.0 Å². The van der Waals surface area contributed by atoms with Gasteiger partial charge in [0.1, 0.15) is 0 Å². The van der Waals surface area contributed by atoms with Gasteiger partial charge in [0.05, 0.1) is 0 Å². The normalized spacial score (nSPS) is 44.9. The van der Waals surface area contributed by atoms with Crippen molar-refractivity contribution < 1.29 is 10.2 Å². The van der Waals surface area contributed by atoms with Crippen molar-refractivity contribution in [3.63, 3.8) is 0 Å². The molecule has 0 heterocycles. The van der Waals surface area contributed by atoms with Crippen LogP contribution in [0.15, 0.2) is 12.1 Å². The Hall–Kier alpha value is -1.48. The zero-order valence-corrected chi connectivity index (χ0v) is 21.7. The van der Waals surface area contributed by atoms with E-state index in [1.54, 1.807) is 0 Å². The number of benzene rings is 1. The minimum Gasteiger partial charge on any atom is -0.504 e. The van der Waals surface area contributed by atoms with Crippen molar-refractivity contribution >= 4 is 6.08 Å². The van der Waals surface area contributed by atoms with Crippen LogP contribution in [-0.2, 0) is 5.41 Å². The van der Waals surface area contributed by atoms with Crippen molar-refractivity contribution in [2.45, 2.75) is 91.9 Å². The molecule has 182 valence electrons. The summed E-state index contributed by atoms with van der Waals surface area (Å²) in [7, 11) is 0. The van der Waals surface area contributed by atoms with E-state index in [0.29, 0.717) is 22.7 Å². The molecule has 4 N–H and O–H groups in total. The van der Waals surface area contributed by atoms with Crippen LogP contribution in [0, 0.1) is 46.8 Å². The number of allylic oxidation sites excluding steroid dienone is 1. The predicted octanol–water partition coefficient (Wildman–Crippen LogP) is 6.92. The molecule has 4 aliphatic carbocycles. The van der Waals surface area contributed by atoms with E-state index < -0.39 is 0 Å². The van der Waals surface area contributed by atoms with Crippen LogP contribution in [0.4, 0.5) is 0 Å². The van der Waals surface area contributed by atoms with Crippen molar-refractivity contribution in [3.8, 4) is 11.5 Å². The van der Waals surface area contributed by atoms with E-state index in [-0.39, 0.29) is 22.3 Å². The second kappa shape index (κ2) is 7.26. The molecule has 5 rings (SSSR count). The third-order valence-electron chi connectivity index (χ3n) is 12.0. The molecular formula is C30H45NO2. The molecule has 0 spiro atoms. The molecule has 0 radical (unpaired) electrons. The molecule has 4 aliphatic rings. The summed E-state index contributed by atoms with van der Waals surface area (Å²) in [5.74, 6) is 2.68. The van der Waals surface area contributed by atoms with Crippen LogP contribution in [-0.4, -0.2) is 16.8 Å². The maximum Gasteiger partial charge on any atom is 0.161 e. The molecule has 0 aliphatic heterocycles. The monoisotopic (exact) mass is 451 g/mol. The summed E-state index contributed by atoms with van der Waals surface area (Å²) in [6.07, 6.45) is 13.7. The number of fused-ring (bicyclic) bond motifs is 7. The molecule has 3 heteroatoms. The second-order valence-electron chi connectivity index (χ2n) is 13.4. The van der Waals surface area contributed by atoms with E-state index in [1.165, 1.54) is 44.1 Å². The number of phenolic OH excluding ortho intramolecular Hbond substituents is 2. The van der Waals surface area contributed by atoms with Gasteiger partial charge in [0.15, 0.2) is 11.5 Å². The standard InChI is InChI=1S/C30H45NO2/c1-18(17-31)20-7-9-24-27(3,16-20)11-13-30(6)25-10-8-21-19(2)26(33)23(32)15-22(21)28(25,4)12-14-29(24,30)5/h8,10,15,18,20,24-25,32-33H,7,9,11-14,16-17,31H2,1-6H3. The Morgan fingerprint density at radius 3 is 2.42 bits per heavy atom. The van der Waals surface area contributed by atoms with Gasteiger partial charge in [-0.1, -0.05) is 46.8 Å². The molecule has 0 aromatic heterocycles. The lowest BCUT2D eigenvalue weighted by Gasteiger charge is -2.71. The summed E-state index contributed by atoms with van der Waals surface area (Å²) in [5, 5.41) is 20.9. The lowest BCUT2D eigenvalue weighted by Crippen LogP contribution is -2.64. The van der Waals surface area contributed by atoms with Gasteiger partial charge >= 0.3 is 0 Å².